The number of alkyl halides is 1. The van der Waals surface area contributed by atoms with Crippen molar-refractivity contribution < 1.29 is 21.2 Å². The summed E-state index contributed by atoms with van der Waals surface area (Å²) in [5.41, 5.74) is 2.84. The van der Waals surface area contributed by atoms with Crippen molar-refractivity contribution in [2.24, 2.45) is 0 Å². The maximum absolute atomic E-state index is 3.57. The van der Waals surface area contributed by atoms with Crippen LogP contribution >= 0.6 is 0 Å². The summed E-state index contributed by atoms with van der Waals surface area (Å²) in [5, 5.41) is 1.42. The first-order chi connectivity index (χ1) is 7.72. The molecule has 1 heterocycles. The molecule has 0 aliphatic carbocycles. The van der Waals surface area contributed by atoms with Crippen LogP contribution < -0.4 is 21.2 Å². The third-order valence-electron chi connectivity index (χ3n) is 2.76. The third kappa shape index (κ3) is 2.40. The normalized spacial score (nSPS) is 11.8. The van der Waals surface area contributed by atoms with Crippen molar-refractivity contribution in [3.8, 4) is 0 Å². The molecule has 0 aliphatic rings. The second-order valence-corrected chi connectivity index (χ2v) is 6.36. The van der Waals surface area contributed by atoms with E-state index >= 15 is 0 Å². The number of para-hydroxylation sites is 1. The molecule has 0 bridgehead atoms. The van der Waals surface area contributed by atoms with Gasteiger partial charge in [-0.2, -0.15) is 0 Å². The van der Waals surface area contributed by atoms with Crippen LogP contribution in [-0.2, 0) is 6.42 Å². The number of aromatic amines is 1. The van der Waals surface area contributed by atoms with Crippen molar-refractivity contribution in [3.05, 3.63) is 33.5 Å². The number of rotatable bonds is 4. The van der Waals surface area contributed by atoms with Crippen molar-refractivity contribution in [1.29, 1.82) is 0 Å². The number of benzene rings is 1. The Morgan fingerprint density at radius 2 is 2.00 bits per heavy atom. The van der Waals surface area contributed by atoms with E-state index in [1.165, 1.54) is 14.6 Å². The predicted octanol–water partition coefficient (Wildman–Crippen LogP) is -0.840. The molecule has 1 N–H and O–H groups in total. The summed E-state index contributed by atoms with van der Waals surface area (Å²) in [4.78, 5) is 8.14. The van der Waals surface area contributed by atoms with Crippen LogP contribution in [0.3, 0.4) is 0 Å². The van der Waals surface area contributed by atoms with Crippen molar-refractivity contribution in [2.45, 2.75) is 6.42 Å². The van der Waals surface area contributed by atoms with Gasteiger partial charge in [-0.25, -0.2) is 0 Å². The standard InChI is InChI=1S/C13H18IN2/c1-14-13-11(8-9-16(2)3)10-6-4-5-7-12(10)15-13/h4-7,15H,8-9H2,1-3H3/q-1. The van der Waals surface area contributed by atoms with E-state index in [9.17, 15) is 0 Å². The summed E-state index contributed by atoms with van der Waals surface area (Å²) in [6.45, 7) is 1.12. The van der Waals surface area contributed by atoms with Crippen LogP contribution in [0.4, 0.5) is 0 Å². The summed E-state index contributed by atoms with van der Waals surface area (Å²) in [7, 11) is 4.27. The Morgan fingerprint density at radius 1 is 1.25 bits per heavy atom. The third-order valence-corrected chi connectivity index (χ3v) is 4.76. The molecule has 0 amide bonds. The molecule has 2 aromatic rings. The molecule has 0 radical (unpaired) electrons. The van der Waals surface area contributed by atoms with Crippen molar-refractivity contribution >= 4 is 10.9 Å². The number of aromatic nitrogens is 1. The van der Waals surface area contributed by atoms with Gasteiger partial charge < -0.3 is 0 Å². The molecule has 0 spiro atoms. The average Bonchev–Trinajstić information content (AvgIpc) is 2.64. The number of hydrogen-bond donors (Lipinski definition) is 1. The molecule has 0 saturated carbocycles. The summed E-state index contributed by atoms with van der Waals surface area (Å²) in [6.07, 6.45) is 1.15. The van der Waals surface area contributed by atoms with Gasteiger partial charge in [-0.1, -0.05) is 0 Å². The molecule has 3 heteroatoms. The molecule has 2 rings (SSSR count). The first kappa shape index (κ1) is 11.9. The Balaban J connectivity index is 2.39. The van der Waals surface area contributed by atoms with E-state index in [4.69, 9.17) is 0 Å². The fourth-order valence-corrected chi connectivity index (χ4v) is 3.68. The molecule has 0 unspecified atom stereocenters. The van der Waals surface area contributed by atoms with E-state index in [-0.39, 0.29) is 21.2 Å². The van der Waals surface area contributed by atoms with Crippen LogP contribution in [0, 0.1) is 3.70 Å². The second-order valence-electron chi connectivity index (χ2n) is 4.21. The van der Waals surface area contributed by atoms with Crippen molar-refractivity contribution in [3.63, 3.8) is 0 Å². The molecule has 0 fully saturated rings. The average molecular weight is 329 g/mol. The van der Waals surface area contributed by atoms with Gasteiger partial charge in [0, 0.05) is 0 Å². The Morgan fingerprint density at radius 3 is 2.69 bits per heavy atom. The van der Waals surface area contributed by atoms with Crippen LogP contribution in [0.2, 0.25) is 0 Å². The van der Waals surface area contributed by atoms with Crippen LogP contribution in [0.25, 0.3) is 10.9 Å². The molecule has 1 aromatic carbocycles. The number of nitrogens with zero attached hydrogens (tertiary/aromatic N) is 1. The Kier molecular flexibility index (Phi) is 3.86. The van der Waals surface area contributed by atoms with Gasteiger partial charge in [0.05, 0.1) is 0 Å². The maximum atomic E-state index is 3.57. The molecule has 0 aliphatic heterocycles. The number of likely N-dealkylation sites (N-methyl/N-ethyl adjacent to an activating group) is 1. The summed E-state index contributed by atoms with van der Waals surface area (Å²) in [5.74, 6) is 0. The molecule has 88 valence electrons. The quantitative estimate of drug-likeness (QED) is 0.573. The zero-order valence-corrected chi connectivity index (χ0v) is 12.2. The number of H-pyrrole nitrogens is 1. The van der Waals surface area contributed by atoms with Gasteiger partial charge in [-0.15, -0.1) is 0 Å². The first-order valence-electron chi connectivity index (χ1n) is 5.46. The van der Waals surface area contributed by atoms with Gasteiger partial charge in [0.1, 0.15) is 0 Å². The summed E-state index contributed by atoms with van der Waals surface area (Å²) < 4.78 is 1.50. The molecule has 0 atom stereocenters. The van der Waals surface area contributed by atoms with Crippen LogP contribution in [0.5, 0.6) is 0 Å². The van der Waals surface area contributed by atoms with E-state index < -0.39 is 0 Å². The molecule has 1 aromatic heterocycles. The van der Waals surface area contributed by atoms with Gasteiger partial charge in [0.25, 0.3) is 0 Å². The molecule has 2 nitrogen and oxygen atoms in total. The fraction of sp³-hybridized carbons (Fsp3) is 0.385. The van der Waals surface area contributed by atoms with E-state index in [0.717, 1.165) is 13.0 Å². The second kappa shape index (κ2) is 5.19. The van der Waals surface area contributed by atoms with Crippen LogP contribution in [-0.4, -0.2) is 35.5 Å². The van der Waals surface area contributed by atoms with Gasteiger partial charge in [0.15, 0.2) is 0 Å². The number of nitrogens with one attached hydrogen (secondary N) is 1. The summed E-state index contributed by atoms with van der Waals surface area (Å²) in [6, 6.07) is 8.65. The minimum absolute atomic E-state index is 0.133. The van der Waals surface area contributed by atoms with E-state index in [1.54, 1.807) is 5.56 Å². The zero-order valence-electron chi connectivity index (χ0n) is 10.0. The molecular weight excluding hydrogens is 311 g/mol. The van der Waals surface area contributed by atoms with Crippen LogP contribution in [0.1, 0.15) is 5.56 Å². The fourth-order valence-electron chi connectivity index (χ4n) is 1.91. The van der Waals surface area contributed by atoms with Gasteiger partial charge in [0.2, 0.25) is 0 Å². The first-order valence-corrected chi connectivity index (χ1v) is 8.69. The van der Waals surface area contributed by atoms with E-state index in [0.29, 0.717) is 0 Å². The number of hydrogen-bond acceptors (Lipinski definition) is 1. The topological polar surface area (TPSA) is 19.0 Å². The zero-order chi connectivity index (χ0) is 11.5. The Bertz CT molecular complexity index is 474. The molecule has 16 heavy (non-hydrogen) atoms. The number of halogens is 1. The Labute approximate surface area is 107 Å². The van der Waals surface area contributed by atoms with Gasteiger partial charge in [-0.05, 0) is 0 Å². The van der Waals surface area contributed by atoms with Crippen LogP contribution in [0.15, 0.2) is 24.3 Å². The van der Waals surface area contributed by atoms with Crippen molar-refractivity contribution in [1.82, 2.24) is 9.88 Å². The van der Waals surface area contributed by atoms with E-state index in [1.807, 2.05) is 0 Å². The van der Waals surface area contributed by atoms with Gasteiger partial charge >= 0.3 is 108 Å². The molecular formula is C13H18IN2-. The summed E-state index contributed by atoms with van der Waals surface area (Å²) >= 11 is 0.133. The minimum atomic E-state index is 0.133. The monoisotopic (exact) mass is 329 g/mol. The van der Waals surface area contributed by atoms with Crippen molar-refractivity contribution in [2.75, 3.05) is 25.6 Å². The number of fused-ring (bicyclic) bond motifs is 1. The Hall–Kier alpha value is -0.550. The SMILES string of the molecule is C[I-]c1[nH]c2ccccc2c1CCN(C)C. The van der Waals surface area contributed by atoms with E-state index in [2.05, 4.69) is 53.2 Å². The molecule has 0 saturated heterocycles. The van der Waals surface area contributed by atoms with Gasteiger partial charge in [-0.3, -0.25) is 0 Å². The predicted molar refractivity (Wildman–Crippen MR) is 65.2 cm³/mol.